The van der Waals surface area contributed by atoms with Crippen LogP contribution in [0, 0.1) is 35.0 Å². The van der Waals surface area contributed by atoms with E-state index in [-0.39, 0.29) is 5.92 Å². The van der Waals surface area contributed by atoms with E-state index in [9.17, 15) is 4.79 Å². The minimum Gasteiger partial charge on any atom is -0.300 e. The van der Waals surface area contributed by atoms with Crippen molar-refractivity contribution >= 4 is 5.78 Å². The molecule has 1 rings (SSSR count). The molecule has 0 amide bonds. The van der Waals surface area contributed by atoms with Gasteiger partial charge in [-0.25, -0.2) is 0 Å². The number of hydrogen-bond donors (Lipinski definition) is 0. The molecule has 1 aliphatic rings. The molecule has 0 aliphatic heterocycles. The van der Waals surface area contributed by atoms with E-state index in [1.807, 2.05) is 0 Å². The number of rotatable bonds is 3. The number of carbonyl (C=O) groups excluding carboxylic acids is 1. The molecule has 1 nitrogen and oxygen atoms in total. The number of carbonyl (C=O) groups is 1. The van der Waals surface area contributed by atoms with Crippen molar-refractivity contribution in [1.29, 1.82) is 0 Å². The van der Waals surface area contributed by atoms with E-state index in [2.05, 4.69) is 41.5 Å². The maximum atomic E-state index is 11.9. The molecule has 0 aromatic heterocycles. The van der Waals surface area contributed by atoms with Crippen LogP contribution in [-0.2, 0) is 4.79 Å². The third-order valence-electron chi connectivity index (χ3n) is 5.23. The summed E-state index contributed by atoms with van der Waals surface area (Å²) in [6, 6.07) is 0. The lowest BCUT2D eigenvalue weighted by Crippen LogP contribution is -2.35. The Bertz CT molecular complexity index is 265. The van der Waals surface area contributed by atoms with E-state index >= 15 is 0 Å². The van der Waals surface area contributed by atoms with Gasteiger partial charge in [0.2, 0.25) is 0 Å². The van der Waals surface area contributed by atoms with Crippen molar-refractivity contribution in [3.63, 3.8) is 0 Å². The minimum atomic E-state index is 0.252. The van der Waals surface area contributed by atoms with Crippen LogP contribution in [0.4, 0.5) is 0 Å². The normalized spacial score (nSPS) is 35.4. The van der Waals surface area contributed by atoms with Crippen molar-refractivity contribution in [3.8, 4) is 0 Å². The molecule has 0 saturated heterocycles. The third-order valence-corrected chi connectivity index (χ3v) is 5.23. The van der Waals surface area contributed by atoms with Crippen LogP contribution in [0.2, 0.25) is 0 Å². The Morgan fingerprint density at radius 2 is 1.75 bits per heavy atom. The van der Waals surface area contributed by atoms with Crippen molar-refractivity contribution < 1.29 is 4.79 Å². The Balaban J connectivity index is 2.99. The molecule has 0 radical (unpaired) electrons. The van der Waals surface area contributed by atoms with Crippen molar-refractivity contribution in [2.24, 2.45) is 35.0 Å². The average Bonchev–Trinajstić information content (AvgIpc) is 2.30. The fourth-order valence-corrected chi connectivity index (χ4v) is 3.81. The molecule has 0 bridgehead atoms. The largest absolute Gasteiger partial charge is 0.300 e. The fraction of sp³-hybridized carbons (Fsp3) is 0.933. The van der Waals surface area contributed by atoms with Gasteiger partial charge in [-0.2, -0.15) is 0 Å². The molecule has 0 spiro atoms. The third kappa shape index (κ3) is 2.19. The zero-order valence-corrected chi connectivity index (χ0v) is 12.0. The van der Waals surface area contributed by atoms with E-state index in [0.29, 0.717) is 23.0 Å². The molecule has 1 heteroatoms. The maximum Gasteiger partial charge on any atom is 0.133 e. The highest BCUT2D eigenvalue weighted by Gasteiger charge is 2.49. The molecule has 1 saturated carbocycles. The maximum absolute atomic E-state index is 11.9. The van der Waals surface area contributed by atoms with Gasteiger partial charge in [0.1, 0.15) is 5.78 Å². The van der Waals surface area contributed by atoms with Crippen molar-refractivity contribution in [2.45, 2.75) is 54.9 Å². The van der Waals surface area contributed by atoms with Gasteiger partial charge in [0.05, 0.1) is 0 Å². The Morgan fingerprint density at radius 3 is 2.00 bits per heavy atom. The zero-order valence-electron chi connectivity index (χ0n) is 12.0. The predicted octanol–water partition coefficient (Wildman–Crippen LogP) is 4.17. The van der Waals surface area contributed by atoms with Crippen molar-refractivity contribution in [3.05, 3.63) is 0 Å². The number of ketones is 1. The van der Waals surface area contributed by atoms with Crippen LogP contribution in [0.3, 0.4) is 0 Å². The lowest BCUT2D eigenvalue weighted by molar-refractivity contribution is -0.125. The highest BCUT2D eigenvalue weighted by atomic mass is 16.1. The molecule has 0 aromatic carbocycles. The van der Waals surface area contributed by atoms with Crippen molar-refractivity contribution in [2.75, 3.05) is 0 Å². The summed E-state index contributed by atoms with van der Waals surface area (Å²) in [4.78, 5) is 11.9. The van der Waals surface area contributed by atoms with Crippen LogP contribution in [0.5, 0.6) is 0 Å². The Labute approximate surface area is 101 Å². The summed E-state index contributed by atoms with van der Waals surface area (Å²) in [7, 11) is 0. The first-order valence-electron chi connectivity index (χ1n) is 6.70. The zero-order chi connectivity index (χ0) is 12.7. The first-order chi connectivity index (χ1) is 7.19. The van der Waals surface area contributed by atoms with E-state index in [0.717, 1.165) is 11.8 Å². The van der Waals surface area contributed by atoms with Crippen LogP contribution in [0.1, 0.15) is 54.9 Å². The van der Waals surface area contributed by atoms with Gasteiger partial charge in [-0.3, -0.25) is 4.79 Å². The molecule has 1 fully saturated rings. The summed E-state index contributed by atoms with van der Waals surface area (Å²) >= 11 is 0. The van der Waals surface area contributed by atoms with Crippen LogP contribution in [0.25, 0.3) is 0 Å². The standard InChI is InChI=1S/C15H28O/c1-9(2)14(12(5)16)13-8-10(3)11(4)15(13,6)7/h9-11,13-14H,8H2,1-7H3. The second-order valence-corrected chi connectivity index (χ2v) is 6.81. The van der Waals surface area contributed by atoms with E-state index < -0.39 is 0 Å². The van der Waals surface area contributed by atoms with Crippen LogP contribution in [-0.4, -0.2) is 5.78 Å². The molecule has 0 N–H and O–H groups in total. The first kappa shape index (κ1) is 13.7. The van der Waals surface area contributed by atoms with Crippen molar-refractivity contribution in [1.82, 2.24) is 0 Å². The Morgan fingerprint density at radius 1 is 1.25 bits per heavy atom. The van der Waals surface area contributed by atoms with E-state index in [1.165, 1.54) is 6.42 Å². The van der Waals surface area contributed by atoms with Gasteiger partial charge >= 0.3 is 0 Å². The number of Topliss-reactive ketones (excluding diaryl/α,β-unsaturated/α-hetero) is 1. The fourth-order valence-electron chi connectivity index (χ4n) is 3.81. The summed E-state index contributed by atoms with van der Waals surface area (Å²) in [5, 5.41) is 0. The van der Waals surface area contributed by atoms with Gasteiger partial charge in [-0.05, 0) is 42.4 Å². The quantitative estimate of drug-likeness (QED) is 0.703. The van der Waals surface area contributed by atoms with Gasteiger partial charge in [-0.1, -0.05) is 41.5 Å². The lowest BCUT2D eigenvalue weighted by atomic mass is 9.66. The Kier molecular flexibility index (Phi) is 3.87. The molecule has 16 heavy (non-hydrogen) atoms. The molecule has 4 unspecified atom stereocenters. The molecular weight excluding hydrogens is 196 g/mol. The second kappa shape index (κ2) is 4.50. The minimum absolute atomic E-state index is 0.252. The summed E-state index contributed by atoms with van der Waals surface area (Å²) in [5.41, 5.74) is 0.306. The smallest absolute Gasteiger partial charge is 0.133 e. The summed E-state index contributed by atoms with van der Waals surface area (Å²) in [5.74, 6) is 3.14. The Hall–Kier alpha value is -0.330. The van der Waals surface area contributed by atoms with E-state index in [4.69, 9.17) is 0 Å². The van der Waals surface area contributed by atoms with Gasteiger partial charge in [-0.15, -0.1) is 0 Å². The van der Waals surface area contributed by atoms with Gasteiger partial charge < -0.3 is 0 Å². The van der Waals surface area contributed by atoms with Gasteiger partial charge in [0.15, 0.2) is 0 Å². The summed E-state index contributed by atoms with van der Waals surface area (Å²) in [6.45, 7) is 15.5. The second-order valence-electron chi connectivity index (χ2n) is 6.81. The molecule has 0 heterocycles. The molecule has 94 valence electrons. The molecule has 4 atom stereocenters. The first-order valence-corrected chi connectivity index (χ1v) is 6.70. The van der Waals surface area contributed by atoms with Crippen LogP contribution < -0.4 is 0 Å². The van der Waals surface area contributed by atoms with Crippen LogP contribution in [0.15, 0.2) is 0 Å². The van der Waals surface area contributed by atoms with Crippen LogP contribution >= 0.6 is 0 Å². The SMILES string of the molecule is CC(=O)C(C(C)C)C1CC(C)C(C)C1(C)C. The number of hydrogen-bond acceptors (Lipinski definition) is 1. The molecule has 1 aliphatic carbocycles. The average molecular weight is 224 g/mol. The molecular formula is C15H28O. The highest BCUT2D eigenvalue weighted by molar-refractivity contribution is 5.79. The van der Waals surface area contributed by atoms with E-state index in [1.54, 1.807) is 6.92 Å². The summed E-state index contributed by atoms with van der Waals surface area (Å²) in [6.07, 6.45) is 1.22. The lowest BCUT2D eigenvalue weighted by Gasteiger charge is -2.37. The predicted molar refractivity (Wildman–Crippen MR) is 69.2 cm³/mol. The molecule has 0 aromatic rings. The van der Waals surface area contributed by atoms with Gasteiger partial charge in [0.25, 0.3) is 0 Å². The van der Waals surface area contributed by atoms with Gasteiger partial charge in [0, 0.05) is 5.92 Å². The summed E-state index contributed by atoms with van der Waals surface area (Å²) < 4.78 is 0. The monoisotopic (exact) mass is 224 g/mol. The topological polar surface area (TPSA) is 17.1 Å². The highest BCUT2D eigenvalue weighted by Crippen LogP contribution is 2.54.